The van der Waals surface area contributed by atoms with Crippen molar-refractivity contribution in [1.82, 2.24) is 0 Å². The largest absolute Gasteiger partial charge is 0.619 e. The Balaban J connectivity index is 2.53. The number of nitro benzene ring substituents is 1. The number of hydrogen-bond acceptors (Lipinski definition) is 6. The molecule has 0 spiro atoms. The van der Waals surface area contributed by atoms with Crippen molar-refractivity contribution in [2.75, 3.05) is 0 Å². The van der Waals surface area contributed by atoms with Crippen molar-refractivity contribution in [3.63, 3.8) is 0 Å². The Morgan fingerprint density at radius 1 is 1.32 bits per heavy atom. The summed E-state index contributed by atoms with van der Waals surface area (Å²) >= 11 is 0. The van der Waals surface area contributed by atoms with Crippen molar-refractivity contribution in [2.24, 2.45) is 0 Å². The van der Waals surface area contributed by atoms with Gasteiger partial charge in [0.1, 0.15) is 0 Å². The molecule has 2 rings (SSSR count). The second-order valence-corrected chi connectivity index (χ2v) is 4.28. The van der Waals surface area contributed by atoms with E-state index in [1.807, 2.05) is 6.07 Å². The second-order valence-electron chi connectivity index (χ2n) is 4.28. The number of aromatic hydroxyl groups is 2. The van der Waals surface area contributed by atoms with E-state index in [1.165, 1.54) is 30.6 Å². The molecule has 0 saturated heterocycles. The van der Waals surface area contributed by atoms with Crippen molar-refractivity contribution in [3.8, 4) is 17.6 Å². The molecule has 2 N–H and O–H groups in total. The minimum atomic E-state index is -0.846. The lowest BCUT2D eigenvalue weighted by atomic mass is 10.0. The Bertz CT molecular complexity index is 806. The van der Waals surface area contributed by atoms with Gasteiger partial charge in [0.2, 0.25) is 5.75 Å². The summed E-state index contributed by atoms with van der Waals surface area (Å²) in [6, 6.07) is 6.86. The molecule has 0 unspecified atom stereocenters. The van der Waals surface area contributed by atoms with Crippen LogP contribution in [0.25, 0.3) is 11.6 Å². The molecular formula is C14H9N3O5. The molecule has 0 aliphatic heterocycles. The lowest BCUT2D eigenvalue weighted by Crippen LogP contribution is -2.23. The Kier molecular flexibility index (Phi) is 3.90. The van der Waals surface area contributed by atoms with E-state index in [4.69, 9.17) is 5.26 Å². The Morgan fingerprint density at radius 3 is 2.50 bits per heavy atom. The number of phenolic OH excluding ortho intramolecular Hbond substituents is 2. The number of nitrogens with zero attached hydrogens (tertiary/aromatic N) is 3. The summed E-state index contributed by atoms with van der Waals surface area (Å²) in [5.74, 6) is -1.50. The van der Waals surface area contributed by atoms with Gasteiger partial charge in [0, 0.05) is 23.8 Å². The molecule has 22 heavy (non-hydrogen) atoms. The smallest absolute Gasteiger partial charge is 0.315 e. The molecular weight excluding hydrogens is 290 g/mol. The lowest BCUT2D eigenvalue weighted by molar-refractivity contribution is -0.605. The first-order chi connectivity index (χ1) is 10.4. The van der Waals surface area contributed by atoms with Crippen LogP contribution in [0.1, 0.15) is 11.1 Å². The monoisotopic (exact) mass is 299 g/mol. The molecule has 0 amide bonds. The van der Waals surface area contributed by atoms with Crippen molar-refractivity contribution in [3.05, 3.63) is 63.1 Å². The number of pyridine rings is 1. The topological polar surface area (TPSA) is 134 Å². The summed E-state index contributed by atoms with van der Waals surface area (Å²) in [6.07, 6.45) is 3.71. The van der Waals surface area contributed by atoms with E-state index in [9.17, 15) is 25.5 Å². The molecule has 0 saturated carbocycles. The van der Waals surface area contributed by atoms with Gasteiger partial charge in [0.15, 0.2) is 18.1 Å². The third kappa shape index (κ3) is 2.94. The third-order valence-electron chi connectivity index (χ3n) is 2.83. The second kappa shape index (κ2) is 5.80. The van der Waals surface area contributed by atoms with Crippen LogP contribution in [-0.4, -0.2) is 15.1 Å². The summed E-state index contributed by atoms with van der Waals surface area (Å²) in [7, 11) is 0. The minimum Gasteiger partial charge on any atom is -0.619 e. The zero-order valence-corrected chi connectivity index (χ0v) is 11.0. The number of phenols is 2. The van der Waals surface area contributed by atoms with Crippen molar-refractivity contribution < 1.29 is 19.9 Å². The van der Waals surface area contributed by atoms with E-state index in [2.05, 4.69) is 0 Å². The SMILES string of the molecule is N#C/C(=C\c1cc(O)c(O)c([N+](=O)[O-])c1)c1cc[n+]([O-])cc1. The summed E-state index contributed by atoms with van der Waals surface area (Å²) in [6.45, 7) is 0. The standard InChI is InChI=1S/C14H9N3O5/c15-8-11(10-1-3-16(20)4-2-10)5-9-6-12(17(21)22)14(19)13(18)7-9/h1-7,18-19H/b11-5+. The lowest BCUT2D eigenvalue weighted by Gasteiger charge is -2.03. The number of benzene rings is 1. The van der Waals surface area contributed by atoms with E-state index in [0.29, 0.717) is 10.3 Å². The summed E-state index contributed by atoms with van der Waals surface area (Å²) in [4.78, 5) is 9.95. The maximum atomic E-state index is 11.0. The molecule has 1 heterocycles. The van der Waals surface area contributed by atoms with Gasteiger partial charge in [-0.1, -0.05) is 0 Å². The first-order valence-corrected chi connectivity index (χ1v) is 5.93. The number of nitriles is 1. The fourth-order valence-corrected chi connectivity index (χ4v) is 1.79. The predicted octanol–water partition coefficient (Wildman–Crippen LogP) is 1.70. The van der Waals surface area contributed by atoms with Crippen molar-refractivity contribution in [1.29, 1.82) is 5.26 Å². The zero-order chi connectivity index (χ0) is 16.3. The predicted molar refractivity (Wildman–Crippen MR) is 75.3 cm³/mol. The molecule has 8 nitrogen and oxygen atoms in total. The maximum Gasteiger partial charge on any atom is 0.315 e. The van der Waals surface area contributed by atoms with E-state index < -0.39 is 22.1 Å². The van der Waals surface area contributed by atoms with Crippen LogP contribution in [0.15, 0.2) is 36.7 Å². The van der Waals surface area contributed by atoms with Crippen LogP contribution in [0.5, 0.6) is 11.5 Å². The van der Waals surface area contributed by atoms with E-state index in [-0.39, 0.29) is 11.1 Å². The number of aromatic nitrogens is 1. The zero-order valence-electron chi connectivity index (χ0n) is 11.0. The Hall–Kier alpha value is -3.60. The summed E-state index contributed by atoms with van der Waals surface area (Å²) in [5, 5.41) is 49.9. The molecule has 2 aromatic rings. The average Bonchev–Trinajstić information content (AvgIpc) is 2.49. The van der Waals surface area contributed by atoms with Gasteiger partial charge in [0.25, 0.3) is 0 Å². The van der Waals surface area contributed by atoms with E-state index in [0.717, 1.165) is 12.1 Å². The number of allylic oxidation sites excluding steroid dienone is 1. The fraction of sp³-hybridized carbons (Fsp3) is 0. The van der Waals surface area contributed by atoms with Gasteiger partial charge >= 0.3 is 5.69 Å². The first kappa shape index (κ1) is 14.8. The molecule has 0 fully saturated rings. The van der Waals surface area contributed by atoms with Crippen LogP contribution in [0.2, 0.25) is 0 Å². The van der Waals surface area contributed by atoms with Crippen LogP contribution >= 0.6 is 0 Å². The number of hydrogen-bond donors (Lipinski definition) is 2. The molecule has 0 bridgehead atoms. The van der Waals surface area contributed by atoms with E-state index in [1.54, 1.807) is 0 Å². The molecule has 0 aliphatic carbocycles. The molecule has 110 valence electrons. The molecule has 0 aliphatic rings. The van der Waals surface area contributed by atoms with Gasteiger partial charge in [-0.15, -0.1) is 0 Å². The molecule has 8 heteroatoms. The Labute approximate surface area is 124 Å². The quantitative estimate of drug-likeness (QED) is 0.221. The van der Waals surface area contributed by atoms with Gasteiger partial charge in [-0.2, -0.15) is 9.99 Å². The molecule has 1 aromatic carbocycles. The van der Waals surface area contributed by atoms with Gasteiger partial charge < -0.3 is 15.4 Å². The van der Waals surface area contributed by atoms with Gasteiger partial charge in [-0.25, -0.2) is 0 Å². The van der Waals surface area contributed by atoms with Crippen LogP contribution in [-0.2, 0) is 0 Å². The van der Waals surface area contributed by atoms with Gasteiger partial charge in [-0.05, 0) is 17.7 Å². The minimum absolute atomic E-state index is 0.139. The normalized spacial score (nSPS) is 11.0. The molecule has 1 aromatic heterocycles. The van der Waals surface area contributed by atoms with Crippen LogP contribution in [0, 0.1) is 26.7 Å². The summed E-state index contributed by atoms with van der Waals surface area (Å²) < 4.78 is 0.551. The van der Waals surface area contributed by atoms with Crippen LogP contribution in [0.3, 0.4) is 0 Å². The van der Waals surface area contributed by atoms with Crippen LogP contribution < -0.4 is 4.73 Å². The highest BCUT2D eigenvalue weighted by Crippen LogP contribution is 2.37. The van der Waals surface area contributed by atoms with Gasteiger partial charge in [0.05, 0.1) is 16.6 Å². The highest BCUT2D eigenvalue weighted by molar-refractivity contribution is 5.90. The summed E-state index contributed by atoms with van der Waals surface area (Å²) in [5.41, 5.74) is 0.0659. The van der Waals surface area contributed by atoms with Crippen LogP contribution in [0.4, 0.5) is 5.69 Å². The van der Waals surface area contributed by atoms with Crippen molar-refractivity contribution in [2.45, 2.75) is 0 Å². The fourth-order valence-electron chi connectivity index (χ4n) is 1.79. The Morgan fingerprint density at radius 2 is 1.95 bits per heavy atom. The number of nitro groups is 1. The highest BCUT2D eigenvalue weighted by Gasteiger charge is 2.18. The number of rotatable bonds is 3. The average molecular weight is 299 g/mol. The highest BCUT2D eigenvalue weighted by atomic mass is 16.6. The first-order valence-electron chi connectivity index (χ1n) is 5.93. The molecule has 0 radical (unpaired) electrons. The maximum absolute atomic E-state index is 11.0. The van der Waals surface area contributed by atoms with Gasteiger partial charge in [-0.3, -0.25) is 10.1 Å². The third-order valence-corrected chi connectivity index (χ3v) is 2.83. The molecule has 0 atom stereocenters. The van der Waals surface area contributed by atoms with Crippen molar-refractivity contribution >= 4 is 17.3 Å². The van der Waals surface area contributed by atoms with E-state index >= 15 is 0 Å².